The Morgan fingerprint density at radius 2 is 2.00 bits per heavy atom. The minimum absolute atomic E-state index is 0.121. The van der Waals surface area contributed by atoms with Crippen molar-refractivity contribution in [2.45, 2.75) is 31.5 Å². The van der Waals surface area contributed by atoms with Crippen LogP contribution in [0.25, 0.3) is 16.7 Å². The molecule has 1 unspecified atom stereocenters. The van der Waals surface area contributed by atoms with Crippen LogP contribution in [0.3, 0.4) is 0 Å². The number of nitrogens with one attached hydrogen (secondary N) is 1. The van der Waals surface area contributed by atoms with Gasteiger partial charge in [-0.25, -0.2) is 14.1 Å². The van der Waals surface area contributed by atoms with E-state index in [1.54, 1.807) is 9.25 Å². The second-order valence-electron chi connectivity index (χ2n) is 7.88. The lowest BCUT2D eigenvalue weighted by molar-refractivity contribution is -0.116. The zero-order valence-electron chi connectivity index (χ0n) is 17.5. The van der Waals surface area contributed by atoms with Gasteiger partial charge in [0.1, 0.15) is 11.2 Å². The molecule has 0 radical (unpaired) electrons. The first kappa shape index (κ1) is 20.4. The SMILES string of the molecule is Cc1ccc(-n2ncc3c(=O)n4c(nc32)SCC4CC(=O)Nc2ccc(F)cc2)c(C)c1. The third kappa shape index (κ3) is 3.58. The molecular weight excluding hydrogens is 429 g/mol. The number of fused-ring (bicyclic) bond motifs is 2. The normalized spacial score (nSPS) is 15.2. The average molecular weight is 450 g/mol. The number of rotatable bonds is 4. The van der Waals surface area contributed by atoms with Crippen molar-refractivity contribution >= 4 is 34.4 Å². The molecule has 5 rings (SSSR count). The van der Waals surface area contributed by atoms with Crippen LogP contribution in [0.15, 0.2) is 58.6 Å². The Hall–Kier alpha value is -3.46. The Bertz CT molecular complexity index is 1410. The smallest absolute Gasteiger partial charge is 0.265 e. The fourth-order valence-electron chi connectivity index (χ4n) is 3.96. The van der Waals surface area contributed by atoms with Crippen molar-refractivity contribution in [1.29, 1.82) is 0 Å². The third-order valence-electron chi connectivity index (χ3n) is 5.50. The molecule has 0 fully saturated rings. The van der Waals surface area contributed by atoms with Crippen molar-refractivity contribution < 1.29 is 9.18 Å². The van der Waals surface area contributed by atoms with Crippen LogP contribution in [0, 0.1) is 19.7 Å². The van der Waals surface area contributed by atoms with Crippen molar-refractivity contribution in [2.24, 2.45) is 0 Å². The van der Waals surface area contributed by atoms with Crippen molar-refractivity contribution in [3.8, 4) is 5.69 Å². The Morgan fingerprint density at radius 3 is 2.75 bits per heavy atom. The summed E-state index contributed by atoms with van der Waals surface area (Å²) in [6, 6.07) is 11.3. The van der Waals surface area contributed by atoms with Gasteiger partial charge in [0.15, 0.2) is 10.8 Å². The molecule has 0 bridgehead atoms. The maximum absolute atomic E-state index is 13.3. The zero-order chi connectivity index (χ0) is 22.4. The number of aryl methyl sites for hydroxylation is 2. The summed E-state index contributed by atoms with van der Waals surface area (Å²) in [5.74, 6) is -0.0389. The van der Waals surface area contributed by atoms with E-state index in [4.69, 9.17) is 4.98 Å². The van der Waals surface area contributed by atoms with Gasteiger partial charge in [-0.1, -0.05) is 29.5 Å². The number of carbonyl (C=O) groups excluding carboxylic acids is 1. The topological polar surface area (TPSA) is 81.8 Å². The summed E-state index contributed by atoms with van der Waals surface area (Å²) in [7, 11) is 0. The maximum atomic E-state index is 13.3. The van der Waals surface area contributed by atoms with Crippen molar-refractivity contribution in [3.05, 3.63) is 76.0 Å². The van der Waals surface area contributed by atoms with Crippen molar-refractivity contribution in [2.75, 3.05) is 11.1 Å². The molecule has 1 N–H and O–H groups in total. The van der Waals surface area contributed by atoms with Gasteiger partial charge in [0.2, 0.25) is 5.91 Å². The van der Waals surface area contributed by atoms with Crippen LogP contribution in [-0.2, 0) is 4.79 Å². The standard InChI is InChI=1S/C23H20FN5O2S/c1-13-3-8-19(14(2)9-13)29-21-18(11-25-29)22(31)28-17(12-32-23(28)27-21)10-20(30)26-16-6-4-15(24)5-7-16/h3-9,11,17H,10,12H2,1-2H3,(H,26,30). The Kier molecular flexibility index (Phi) is 5.05. The van der Waals surface area contributed by atoms with Crippen LogP contribution in [0.5, 0.6) is 0 Å². The highest BCUT2D eigenvalue weighted by atomic mass is 32.2. The van der Waals surface area contributed by atoms with Gasteiger partial charge in [0.25, 0.3) is 5.56 Å². The van der Waals surface area contributed by atoms with Crippen LogP contribution >= 0.6 is 11.8 Å². The summed E-state index contributed by atoms with van der Waals surface area (Å²) >= 11 is 1.45. The number of aromatic nitrogens is 4. The van der Waals surface area contributed by atoms with Crippen LogP contribution in [0.2, 0.25) is 0 Å². The zero-order valence-corrected chi connectivity index (χ0v) is 18.3. The van der Waals surface area contributed by atoms with Gasteiger partial charge in [-0.3, -0.25) is 14.2 Å². The fraction of sp³-hybridized carbons (Fsp3) is 0.217. The molecule has 32 heavy (non-hydrogen) atoms. The second-order valence-corrected chi connectivity index (χ2v) is 8.86. The molecule has 9 heteroatoms. The van der Waals surface area contributed by atoms with Gasteiger partial charge >= 0.3 is 0 Å². The lowest BCUT2D eigenvalue weighted by Crippen LogP contribution is -2.27. The average Bonchev–Trinajstić information content (AvgIpc) is 3.35. The predicted octanol–water partition coefficient (Wildman–Crippen LogP) is 4.01. The van der Waals surface area contributed by atoms with E-state index in [0.29, 0.717) is 27.6 Å². The molecule has 162 valence electrons. The summed E-state index contributed by atoms with van der Waals surface area (Å²) in [6.45, 7) is 4.03. The summed E-state index contributed by atoms with van der Waals surface area (Å²) in [6.07, 6.45) is 1.66. The number of hydrogen-bond donors (Lipinski definition) is 1. The lowest BCUT2D eigenvalue weighted by Gasteiger charge is -2.14. The number of halogens is 1. The van der Waals surface area contributed by atoms with Gasteiger partial charge in [-0.2, -0.15) is 5.10 Å². The Morgan fingerprint density at radius 1 is 1.22 bits per heavy atom. The highest BCUT2D eigenvalue weighted by Gasteiger charge is 2.29. The number of amides is 1. The van der Waals surface area contributed by atoms with E-state index in [0.717, 1.165) is 16.8 Å². The third-order valence-corrected chi connectivity index (χ3v) is 6.60. The largest absolute Gasteiger partial charge is 0.326 e. The molecule has 2 aromatic heterocycles. The second kappa shape index (κ2) is 7.90. The Balaban J connectivity index is 1.46. The molecule has 1 amide bonds. The number of hydrogen-bond acceptors (Lipinski definition) is 5. The highest BCUT2D eigenvalue weighted by molar-refractivity contribution is 7.99. The molecule has 4 aromatic rings. The van der Waals surface area contributed by atoms with Crippen LogP contribution in [0.1, 0.15) is 23.6 Å². The highest BCUT2D eigenvalue weighted by Crippen LogP contribution is 2.33. The molecule has 1 aliphatic rings. The first-order valence-corrected chi connectivity index (χ1v) is 11.2. The molecule has 0 saturated heterocycles. The predicted molar refractivity (Wildman–Crippen MR) is 122 cm³/mol. The number of anilines is 1. The number of thioether (sulfide) groups is 1. The van der Waals surface area contributed by atoms with Gasteiger partial charge in [0.05, 0.1) is 17.9 Å². The van der Waals surface area contributed by atoms with Crippen LogP contribution in [-0.4, -0.2) is 31.0 Å². The van der Waals surface area contributed by atoms with E-state index >= 15 is 0 Å². The maximum Gasteiger partial charge on any atom is 0.265 e. The molecular formula is C23H20FN5O2S. The van der Waals surface area contributed by atoms with Crippen molar-refractivity contribution in [1.82, 2.24) is 19.3 Å². The number of nitrogens with zero attached hydrogens (tertiary/aromatic N) is 4. The monoisotopic (exact) mass is 449 g/mol. The molecule has 3 heterocycles. The van der Waals surface area contributed by atoms with Gasteiger partial charge in [-0.05, 0) is 49.7 Å². The van der Waals surface area contributed by atoms with Gasteiger partial charge < -0.3 is 5.32 Å². The molecule has 0 spiro atoms. The minimum Gasteiger partial charge on any atom is -0.326 e. The Labute approximate surface area is 187 Å². The van der Waals surface area contributed by atoms with Crippen LogP contribution < -0.4 is 10.9 Å². The summed E-state index contributed by atoms with van der Waals surface area (Å²) in [5, 5.41) is 8.18. The van der Waals surface area contributed by atoms with Crippen molar-refractivity contribution in [3.63, 3.8) is 0 Å². The molecule has 2 aromatic carbocycles. The van der Waals surface area contributed by atoms with E-state index in [-0.39, 0.29) is 29.7 Å². The molecule has 7 nitrogen and oxygen atoms in total. The van der Waals surface area contributed by atoms with E-state index in [2.05, 4.69) is 16.5 Å². The number of carbonyl (C=O) groups is 1. The van der Waals surface area contributed by atoms with E-state index in [1.165, 1.54) is 42.2 Å². The lowest BCUT2D eigenvalue weighted by atomic mass is 10.1. The van der Waals surface area contributed by atoms with E-state index < -0.39 is 0 Å². The molecule has 1 atom stereocenters. The molecule has 1 aliphatic heterocycles. The fourth-order valence-corrected chi connectivity index (χ4v) is 5.09. The summed E-state index contributed by atoms with van der Waals surface area (Å²) in [5.41, 5.74) is 3.88. The van der Waals surface area contributed by atoms with Crippen LogP contribution in [0.4, 0.5) is 10.1 Å². The molecule has 0 aliphatic carbocycles. The number of benzene rings is 2. The summed E-state index contributed by atoms with van der Waals surface area (Å²) in [4.78, 5) is 30.5. The summed E-state index contributed by atoms with van der Waals surface area (Å²) < 4.78 is 16.4. The quantitative estimate of drug-likeness (QED) is 0.476. The first-order chi connectivity index (χ1) is 15.4. The van der Waals surface area contributed by atoms with Gasteiger partial charge in [-0.15, -0.1) is 0 Å². The first-order valence-electron chi connectivity index (χ1n) is 10.2. The van der Waals surface area contributed by atoms with E-state index in [1.807, 2.05) is 26.0 Å². The molecule has 0 saturated carbocycles. The minimum atomic E-state index is -0.368. The van der Waals surface area contributed by atoms with Gasteiger partial charge in [0, 0.05) is 17.9 Å². The van der Waals surface area contributed by atoms with E-state index in [9.17, 15) is 14.0 Å².